The predicted molar refractivity (Wildman–Crippen MR) is 58.4 cm³/mol. The quantitative estimate of drug-likeness (QED) is 0.617. The van der Waals surface area contributed by atoms with Gasteiger partial charge in [-0.05, 0) is 6.92 Å². The van der Waals surface area contributed by atoms with Crippen LogP contribution in [-0.2, 0) is 4.74 Å². The van der Waals surface area contributed by atoms with E-state index in [0.29, 0.717) is 6.20 Å². The fraction of sp³-hybridized carbons (Fsp3) is 0.455. The highest BCUT2D eigenvalue weighted by Gasteiger charge is 2.36. The van der Waals surface area contributed by atoms with Gasteiger partial charge in [0.2, 0.25) is 0 Å². The molecule has 10 heteroatoms. The number of halogens is 5. The number of aromatic nitrogens is 1. The van der Waals surface area contributed by atoms with Crippen LogP contribution in [0.15, 0.2) is 6.20 Å². The number of pyridine rings is 1. The highest BCUT2D eigenvalue weighted by molar-refractivity contribution is 5.92. The molecule has 0 atom stereocenters. The summed E-state index contributed by atoms with van der Waals surface area (Å²) >= 11 is 0. The van der Waals surface area contributed by atoms with E-state index >= 15 is 0 Å². The average molecular weight is 315 g/mol. The molecular weight excluding hydrogens is 305 g/mol. The molecular formula is C11H10F5NO4. The van der Waals surface area contributed by atoms with Crippen molar-refractivity contribution in [3.8, 4) is 11.6 Å². The number of ether oxygens (including phenoxy) is 3. The Labute approximate surface area is 115 Å². The molecule has 0 unspecified atom stereocenters. The monoisotopic (exact) mass is 315 g/mol. The van der Waals surface area contributed by atoms with Crippen molar-refractivity contribution < 1.29 is 41.0 Å². The van der Waals surface area contributed by atoms with Gasteiger partial charge in [-0.25, -0.2) is 18.6 Å². The van der Waals surface area contributed by atoms with E-state index in [2.05, 4.69) is 19.2 Å². The van der Waals surface area contributed by atoms with Gasteiger partial charge < -0.3 is 14.2 Å². The van der Waals surface area contributed by atoms with Crippen molar-refractivity contribution in [1.82, 2.24) is 4.98 Å². The summed E-state index contributed by atoms with van der Waals surface area (Å²) in [5.74, 6) is -3.35. The van der Waals surface area contributed by atoms with E-state index < -0.39 is 41.5 Å². The molecule has 0 aliphatic carbocycles. The van der Waals surface area contributed by atoms with Gasteiger partial charge in [0.05, 0.1) is 24.8 Å². The van der Waals surface area contributed by atoms with Crippen LogP contribution in [0.5, 0.6) is 11.6 Å². The number of nitrogens with zero attached hydrogens (tertiary/aromatic N) is 1. The number of hydrogen-bond acceptors (Lipinski definition) is 5. The van der Waals surface area contributed by atoms with Crippen molar-refractivity contribution >= 4 is 5.97 Å². The van der Waals surface area contributed by atoms with E-state index in [1.54, 1.807) is 0 Å². The van der Waals surface area contributed by atoms with Crippen LogP contribution in [0.4, 0.5) is 22.0 Å². The molecule has 21 heavy (non-hydrogen) atoms. The van der Waals surface area contributed by atoms with Gasteiger partial charge >= 0.3 is 12.3 Å². The summed E-state index contributed by atoms with van der Waals surface area (Å²) < 4.78 is 75.1. The molecule has 1 heterocycles. The summed E-state index contributed by atoms with van der Waals surface area (Å²) in [4.78, 5) is 14.7. The molecule has 0 amide bonds. The molecule has 0 saturated heterocycles. The van der Waals surface area contributed by atoms with E-state index in [1.165, 1.54) is 6.92 Å². The minimum absolute atomic E-state index is 0.107. The number of carbonyl (C=O) groups is 1. The summed E-state index contributed by atoms with van der Waals surface area (Å²) in [6, 6.07) is 0. The molecule has 1 aromatic heterocycles. The third-order valence-electron chi connectivity index (χ3n) is 2.17. The predicted octanol–water partition coefficient (Wildman–Crippen LogP) is 3.10. The summed E-state index contributed by atoms with van der Waals surface area (Å²) in [5, 5.41) is 0. The molecule has 0 saturated carbocycles. The molecule has 5 nitrogen and oxygen atoms in total. The van der Waals surface area contributed by atoms with Crippen molar-refractivity contribution in [2.24, 2.45) is 0 Å². The largest absolute Gasteiger partial charge is 0.574 e. The van der Waals surface area contributed by atoms with Crippen LogP contribution >= 0.6 is 0 Å². The molecule has 0 N–H and O–H groups in total. The standard InChI is InChI=1S/C11H10F5NO4/c1-3-20-10(18)5-4-17-9(21-11(14,15)16)7(19-2)6(5)8(12)13/h4,8H,3H2,1-2H3. The molecule has 0 fully saturated rings. The number of esters is 1. The van der Waals surface area contributed by atoms with Crippen LogP contribution in [0.2, 0.25) is 0 Å². The number of carbonyl (C=O) groups excluding carboxylic acids is 1. The summed E-state index contributed by atoms with van der Waals surface area (Å²) in [7, 11) is 0.848. The molecule has 0 aromatic carbocycles. The van der Waals surface area contributed by atoms with Crippen molar-refractivity contribution in [2.75, 3.05) is 13.7 Å². The Kier molecular flexibility index (Phi) is 5.28. The van der Waals surface area contributed by atoms with Gasteiger partial charge in [-0.2, -0.15) is 0 Å². The van der Waals surface area contributed by atoms with Crippen LogP contribution < -0.4 is 9.47 Å². The van der Waals surface area contributed by atoms with E-state index in [4.69, 9.17) is 0 Å². The van der Waals surface area contributed by atoms with Crippen molar-refractivity contribution in [1.29, 1.82) is 0 Å². The van der Waals surface area contributed by atoms with E-state index in [0.717, 1.165) is 7.11 Å². The number of hydrogen-bond donors (Lipinski definition) is 0. The Morgan fingerprint density at radius 2 is 2.00 bits per heavy atom. The second-order valence-electron chi connectivity index (χ2n) is 3.49. The van der Waals surface area contributed by atoms with E-state index in [9.17, 15) is 26.7 Å². The lowest BCUT2D eigenvalue weighted by molar-refractivity contribution is -0.276. The first kappa shape index (κ1) is 16.9. The average Bonchev–Trinajstić information content (AvgIpc) is 2.36. The van der Waals surface area contributed by atoms with Crippen LogP contribution in [-0.4, -0.2) is 31.0 Å². The zero-order valence-electron chi connectivity index (χ0n) is 10.8. The molecule has 1 aromatic rings. The fourth-order valence-corrected chi connectivity index (χ4v) is 1.46. The smallest absolute Gasteiger partial charge is 0.491 e. The first-order valence-electron chi connectivity index (χ1n) is 5.49. The zero-order chi connectivity index (χ0) is 16.2. The number of rotatable bonds is 5. The van der Waals surface area contributed by atoms with Crippen molar-refractivity contribution in [3.05, 3.63) is 17.3 Å². The van der Waals surface area contributed by atoms with Gasteiger partial charge in [-0.1, -0.05) is 0 Å². The Morgan fingerprint density at radius 3 is 2.43 bits per heavy atom. The lowest BCUT2D eigenvalue weighted by Crippen LogP contribution is -2.20. The fourth-order valence-electron chi connectivity index (χ4n) is 1.46. The molecule has 0 bridgehead atoms. The third kappa shape index (κ3) is 4.17. The molecule has 0 aliphatic heterocycles. The topological polar surface area (TPSA) is 57.7 Å². The highest BCUT2D eigenvalue weighted by atomic mass is 19.4. The Morgan fingerprint density at radius 1 is 1.38 bits per heavy atom. The lowest BCUT2D eigenvalue weighted by atomic mass is 10.1. The maximum absolute atomic E-state index is 13.0. The van der Waals surface area contributed by atoms with Gasteiger partial charge in [0.25, 0.3) is 12.3 Å². The molecule has 0 aliphatic rings. The lowest BCUT2D eigenvalue weighted by Gasteiger charge is -2.16. The molecule has 0 radical (unpaired) electrons. The third-order valence-corrected chi connectivity index (χ3v) is 2.17. The zero-order valence-corrected chi connectivity index (χ0v) is 10.8. The van der Waals surface area contributed by atoms with E-state index in [1.807, 2.05) is 0 Å². The minimum Gasteiger partial charge on any atom is -0.491 e. The number of alkyl halides is 5. The molecule has 118 valence electrons. The second kappa shape index (κ2) is 6.55. The minimum atomic E-state index is -5.15. The maximum atomic E-state index is 13.0. The van der Waals surface area contributed by atoms with Crippen molar-refractivity contribution in [2.45, 2.75) is 19.7 Å². The normalized spacial score (nSPS) is 11.4. The first-order valence-corrected chi connectivity index (χ1v) is 5.49. The molecule has 1 rings (SSSR count). The van der Waals surface area contributed by atoms with E-state index in [-0.39, 0.29) is 6.61 Å². The number of methoxy groups -OCH3 is 1. The SMILES string of the molecule is CCOC(=O)c1cnc(OC(F)(F)F)c(OC)c1C(F)F. The van der Waals surface area contributed by atoms with Gasteiger partial charge in [0, 0.05) is 6.20 Å². The van der Waals surface area contributed by atoms with Gasteiger partial charge in [-0.3, -0.25) is 0 Å². The van der Waals surface area contributed by atoms with Crippen LogP contribution in [0, 0.1) is 0 Å². The summed E-state index contributed by atoms with van der Waals surface area (Å²) in [5.41, 5.74) is -1.77. The van der Waals surface area contributed by atoms with Crippen molar-refractivity contribution in [3.63, 3.8) is 0 Å². The van der Waals surface area contributed by atoms with Gasteiger partial charge in [0.15, 0.2) is 5.75 Å². The van der Waals surface area contributed by atoms with Gasteiger partial charge in [0.1, 0.15) is 0 Å². The second-order valence-corrected chi connectivity index (χ2v) is 3.49. The van der Waals surface area contributed by atoms with Crippen LogP contribution in [0.3, 0.4) is 0 Å². The highest BCUT2D eigenvalue weighted by Crippen LogP contribution is 2.40. The Hall–Kier alpha value is -2.13. The maximum Gasteiger partial charge on any atom is 0.574 e. The van der Waals surface area contributed by atoms with Crippen LogP contribution in [0.1, 0.15) is 29.3 Å². The summed E-state index contributed by atoms with van der Waals surface area (Å²) in [6.07, 6.45) is -7.92. The van der Waals surface area contributed by atoms with Gasteiger partial charge in [-0.15, -0.1) is 13.2 Å². The first-order chi connectivity index (χ1) is 9.71. The Balaban J connectivity index is 3.41. The van der Waals surface area contributed by atoms with Crippen LogP contribution in [0.25, 0.3) is 0 Å². The molecule has 0 spiro atoms. The Bertz CT molecular complexity index is 518. The summed E-state index contributed by atoms with van der Waals surface area (Å²) in [6.45, 7) is 1.33.